The van der Waals surface area contributed by atoms with Gasteiger partial charge in [-0.2, -0.15) is 5.11 Å². The van der Waals surface area contributed by atoms with Crippen LogP contribution in [0.25, 0.3) is 0 Å². The molecule has 0 bridgehead atoms. The maximum atomic E-state index is 13.5. The molecule has 10 heteroatoms. The molecule has 0 aliphatic heterocycles. The monoisotopic (exact) mass is 367 g/mol. The second-order valence-electron chi connectivity index (χ2n) is 5.30. The molecule has 0 radical (unpaired) electrons. The topological polar surface area (TPSA) is 103 Å². The van der Waals surface area contributed by atoms with Crippen molar-refractivity contribution in [3.05, 3.63) is 59.4 Å². The minimum atomic E-state index is -3.32. The van der Waals surface area contributed by atoms with Crippen LogP contribution in [0.5, 0.6) is 6.01 Å². The number of rotatable bonds is 8. The predicted octanol–water partition coefficient (Wildman–Crippen LogP) is 3.58. The second-order valence-corrected chi connectivity index (χ2v) is 5.30. The summed E-state index contributed by atoms with van der Waals surface area (Å²) in [7, 11) is 0. The van der Waals surface area contributed by atoms with Gasteiger partial charge in [-0.1, -0.05) is 0 Å². The van der Waals surface area contributed by atoms with Crippen molar-refractivity contribution in [1.82, 2.24) is 9.97 Å². The van der Waals surface area contributed by atoms with Crippen LogP contribution in [0.15, 0.2) is 47.6 Å². The van der Waals surface area contributed by atoms with Gasteiger partial charge >= 0.3 is 6.01 Å². The van der Waals surface area contributed by atoms with Crippen molar-refractivity contribution in [3.8, 4) is 6.01 Å². The molecule has 0 fully saturated rings. The number of ether oxygens (including phenoxy) is 1. The van der Waals surface area contributed by atoms with Crippen LogP contribution in [0, 0.1) is 11.3 Å². The minimum absolute atomic E-state index is 0.0199. The van der Waals surface area contributed by atoms with Crippen LogP contribution < -0.4 is 10.1 Å². The lowest BCUT2D eigenvalue weighted by Crippen LogP contribution is -2.10. The van der Waals surface area contributed by atoms with Gasteiger partial charge in [-0.3, -0.25) is 0 Å². The summed E-state index contributed by atoms with van der Waals surface area (Å²) in [5, 5.41) is 14.8. The van der Waals surface area contributed by atoms with E-state index < -0.39 is 17.3 Å². The molecule has 7 nitrogen and oxygen atoms in total. The smallest absolute Gasteiger partial charge is 0.316 e. The SMILES string of the molecule is CC(F)(F)c1cc(N/C=C(/COc2ncc(CO)cn2)N=N)ccc1F. The zero-order chi connectivity index (χ0) is 19.2. The molecule has 1 aromatic heterocycles. The third kappa shape index (κ3) is 5.24. The molecule has 2 rings (SSSR count). The second kappa shape index (κ2) is 8.39. The lowest BCUT2D eigenvalue weighted by atomic mass is 10.1. The van der Waals surface area contributed by atoms with Crippen molar-refractivity contribution < 1.29 is 23.0 Å². The number of halogens is 3. The highest BCUT2D eigenvalue weighted by molar-refractivity contribution is 5.49. The largest absolute Gasteiger partial charge is 0.457 e. The third-order valence-corrected chi connectivity index (χ3v) is 3.20. The molecule has 3 N–H and O–H groups in total. The standard InChI is InChI=1S/C16H16F3N5O2/c1-16(18,19)13-4-11(2-3-14(13)17)21-7-12(24-20)9-26-15-22-5-10(8-25)6-23-15/h2-7,20-21,25H,8-9H2,1H3/b12-7-,24-20?. The minimum Gasteiger partial charge on any atom is -0.457 e. The molecule has 2 aromatic rings. The number of nitrogens with one attached hydrogen (secondary N) is 2. The van der Waals surface area contributed by atoms with Gasteiger partial charge in [0.15, 0.2) is 0 Å². The quantitative estimate of drug-likeness (QED) is 0.619. The van der Waals surface area contributed by atoms with Crippen LogP contribution in [0.4, 0.5) is 18.9 Å². The van der Waals surface area contributed by atoms with Crippen LogP contribution in [-0.2, 0) is 12.5 Å². The molecule has 0 saturated heterocycles. The van der Waals surface area contributed by atoms with E-state index in [2.05, 4.69) is 20.4 Å². The first kappa shape index (κ1) is 19.3. The Hall–Kier alpha value is -3.01. The van der Waals surface area contributed by atoms with Crippen LogP contribution in [0.3, 0.4) is 0 Å². The Kier molecular flexibility index (Phi) is 6.23. The Bertz CT molecular complexity index is 791. The van der Waals surface area contributed by atoms with E-state index in [4.69, 9.17) is 15.4 Å². The van der Waals surface area contributed by atoms with Gasteiger partial charge in [0, 0.05) is 36.8 Å². The van der Waals surface area contributed by atoms with E-state index in [1.165, 1.54) is 24.7 Å². The molecule has 0 saturated carbocycles. The van der Waals surface area contributed by atoms with Crippen LogP contribution in [0.1, 0.15) is 18.1 Å². The Labute approximate surface area is 147 Å². The van der Waals surface area contributed by atoms with Crippen LogP contribution in [0.2, 0.25) is 0 Å². The summed E-state index contributed by atoms with van der Waals surface area (Å²) in [5.41, 5.74) is 7.21. The molecule has 0 aliphatic carbocycles. The number of hydrogen-bond donors (Lipinski definition) is 3. The first-order chi connectivity index (χ1) is 12.3. The fourth-order valence-corrected chi connectivity index (χ4v) is 1.86. The van der Waals surface area contributed by atoms with Crippen molar-refractivity contribution in [2.75, 3.05) is 11.9 Å². The molecular weight excluding hydrogens is 351 g/mol. The lowest BCUT2D eigenvalue weighted by Gasteiger charge is -2.13. The molecule has 0 amide bonds. The van der Waals surface area contributed by atoms with Gasteiger partial charge in [-0.05, 0) is 18.2 Å². The highest BCUT2D eigenvalue weighted by atomic mass is 19.3. The zero-order valence-electron chi connectivity index (χ0n) is 13.7. The normalized spacial score (nSPS) is 12.0. The van der Waals surface area contributed by atoms with Crippen LogP contribution >= 0.6 is 0 Å². The molecule has 0 aliphatic rings. The van der Waals surface area contributed by atoms with Gasteiger partial charge in [-0.25, -0.2) is 28.7 Å². The van der Waals surface area contributed by atoms with E-state index >= 15 is 0 Å². The van der Waals surface area contributed by atoms with E-state index in [-0.39, 0.29) is 30.6 Å². The number of aliphatic hydroxyl groups is 1. The fraction of sp³-hybridized carbons (Fsp3) is 0.250. The third-order valence-electron chi connectivity index (χ3n) is 3.20. The summed E-state index contributed by atoms with van der Waals surface area (Å²) in [6.07, 6.45) is 4.03. The van der Waals surface area contributed by atoms with Gasteiger partial charge in [-0.15, -0.1) is 0 Å². The summed E-state index contributed by atoms with van der Waals surface area (Å²) < 4.78 is 45.4. The van der Waals surface area contributed by atoms with Crippen molar-refractivity contribution in [1.29, 1.82) is 5.53 Å². The average molecular weight is 367 g/mol. The number of aromatic nitrogens is 2. The maximum absolute atomic E-state index is 13.5. The Morgan fingerprint density at radius 1 is 1.38 bits per heavy atom. The Morgan fingerprint density at radius 2 is 2.08 bits per heavy atom. The first-order valence-electron chi connectivity index (χ1n) is 7.39. The number of nitrogens with zero attached hydrogens (tertiary/aromatic N) is 3. The summed E-state index contributed by atoms with van der Waals surface area (Å²) in [6.45, 7) is 0.242. The average Bonchev–Trinajstić information content (AvgIpc) is 2.62. The molecule has 26 heavy (non-hydrogen) atoms. The van der Waals surface area contributed by atoms with Gasteiger partial charge in [0.05, 0.1) is 12.2 Å². The molecule has 138 valence electrons. The highest BCUT2D eigenvalue weighted by Gasteiger charge is 2.28. The molecule has 0 spiro atoms. The van der Waals surface area contributed by atoms with E-state index in [9.17, 15) is 13.2 Å². The number of benzene rings is 1. The summed E-state index contributed by atoms with van der Waals surface area (Å²) in [4.78, 5) is 7.71. The summed E-state index contributed by atoms with van der Waals surface area (Å²) in [5.74, 6) is -4.33. The summed E-state index contributed by atoms with van der Waals surface area (Å²) >= 11 is 0. The van der Waals surface area contributed by atoms with Gasteiger partial charge < -0.3 is 15.2 Å². The number of aliphatic hydroxyl groups excluding tert-OH is 1. The fourth-order valence-electron chi connectivity index (χ4n) is 1.86. The van der Waals surface area contributed by atoms with E-state index in [0.717, 1.165) is 12.1 Å². The Balaban J connectivity index is 2.03. The highest BCUT2D eigenvalue weighted by Crippen LogP contribution is 2.31. The molecule has 1 aromatic carbocycles. The lowest BCUT2D eigenvalue weighted by molar-refractivity contribution is 0.0138. The van der Waals surface area contributed by atoms with Crippen molar-refractivity contribution in [2.24, 2.45) is 5.11 Å². The van der Waals surface area contributed by atoms with E-state index in [0.29, 0.717) is 12.5 Å². The van der Waals surface area contributed by atoms with Crippen molar-refractivity contribution in [3.63, 3.8) is 0 Å². The maximum Gasteiger partial charge on any atom is 0.316 e. The Morgan fingerprint density at radius 3 is 2.65 bits per heavy atom. The molecule has 0 atom stereocenters. The van der Waals surface area contributed by atoms with E-state index in [1.807, 2.05) is 0 Å². The zero-order valence-corrected chi connectivity index (χ0v) is 13.7. The van der Waals surface area contributed by atoms with Gasteiger partial charge in [0.25, 0.3) is 5.92 Å². The van der Waals surface area contributed by atoms with Gasteiger partial charge in [0.1, 0.15) is 18.1 Å². The van der Waals surface area contributed by atoms with Crippen molar-refractivity contribution in [2.45, 2.75) is 19.5 Å². The summed E-state index contributed by atoms with van der Waals surface area (Å²) in [6, 6.07) is 3.20. The number of alkyl halides is 2. The molecular formula is C16H16F3N5O2. The van der Waals surface area contributed by atoms with E-state index in [1.54, 1.807) is 0 Å². The molecule has 0 unspecified atom stereocenters. The van der Waals surface area contributed by atoms with Gasteiger partial charge in [0.2, 0.25) is 0 Å². The molecule has 1 heterocycles. The predicted molar refractivity (Wildman–Crippen MR) is 86.3 cm³/mol. The first-order valence-corrected chi connectivity index (χ1v) is 7.39. The number of anilines is 1. The number of hydrogen-bond acceptors (Lipinski definition) is 7. The van der Waals surface area contributed by atoms with Crippen LogP contribution in [-0.4, -0.2) is 21.7 Å². The van der Waals surface area contributed by atoms with Crippen molar-refractivity contribution >= 4 is 5.69 Å².